The number of aryl methyl sites for hydroxylation is 1. The Balaban J connectivity index is 1.38. The number of aromatic nitrogens is 2. The van der Waals surface area contributed by atoms with Gasteiger partial charge in [0.25, 0.3) is 5.91 Å². The first-order valence-corrected chi connectivity index (χ1v) is 11.5. The Bertz CT molecular complexity index is 1310. The number of hydrogen-bond donors (Lipinski definition) is 3. The van der Waals surface area contributed by atoms with E-state index in [4.69, 9.17) is 9.47 Å². The number of amides is 1. The number of ether oxygens (including phenoxy) is 2. The van der Waals surface area contributed by atoms with Gasteiger partial charge in [0.2, 0.25) is 5.95 Å². The minimum absolute atomic E-state index is 0.181. The highest BCUT2D eigenvalue weighted by Gasteiger charge is 2.16. The van der Waals surface area contributed by atoms with E-state index in [0.29, 0.717) is 42.8 Å². The summed E-state index contributed by atoms with van der Waals surface area (Å²) in [6.07, 6.45) is 0. The summed E-state index contributed by atoms with van der Waals surface area (Å²) >= 11 is 0. The Kier molecular flexibility index (Phi) is 7.62. The van der Waals surface area contributed by atoms with Crippen molar-refractivity contribution < 1.29 is 14.3 Å². The predicted octanol–water partition coefficient (Wildman–Crippen LogP) is 4.93. The van der Waals surface area contributed by atoms with Crippen molar-refractivity contribution >= 4 is 34.1 Å². The lowest BCUT2D eigenvalue weighted by Crippen LogP contribution is -2.29. The molecular weight excluding hydrogens is 442 g/mol. The molecule has 8 nitrogen and oxygen atoms in total. The lowest BCUT2D eigenvalue weighted by Gasteiger charge is -2.14. The predicted molar refractivity (Wildman–Crippen MR) is 139 cm³/mol. The fourth-order valence-electron chi connectivity index (χ4n) is 3.73. The van der Waals surface area contributed by atoms with Crippen LogP contribution in [0.25, 0.3) is 10.8 Å². The van der Waals surface area contributed by atoms with E-state index >= 15 is 0 Å². The number of nitrogens with one attached hydrogen (secondary N) is 3. The van der Waals surface area contributed by atoms with Crippen LogP contribution in [-0.4, -0.2) is 42.7 Å². The minimum atomic E-state index is -0.181. The third-order valence-electron chi connectivity index (χ3n) is 5.33. The molecular formula is C27H29N5O3. The summed E-state index contributed by atoms with van der Waals surface area (Å²) in [5.74, 6) is 2.34. The summed E-state index contributed by atoms with van der Waals surface area (Å²) in [5.41, 5.74) is 2.25. The first-order chi connectivity index (χ1) is 17.1. The van der Waals surface area contributed by atoms with E-state index in [0.717, 1.165) is 27.9 Å². The standard InChI is InChI=1S/C27H29N5O3/c1-4-35-23-14-9-19-7-5-6-8-22(19)25(23)26(33)28-15-16-29-27-30-18(2)17-24(32-27)31-20-10-12-21(34-3)13-11-20/h5-14,17H,4,15-16H2,1-3H3,(H,28,33)(H2,29,30,31,32). The molecule has 3 N–H and O–H groups in total. The zero-order valence-electron chi connectivity index (χ0n) is 20.1. The zero-order chi connectivity index (χ0) is 24.6. The number of benzene rings is 3. The molecule has 3 aromatic carbocycles. The van der Waals surface area contributed by atoms with Gasteiger partial charge < -0.3 is 25.4 Å². The van der Waals surface area contributed by atoms with Crippen molar-refractivity contribution in [1.29, 1.82) is 0 Å². The summed E-state index contributed by atoms with van der Waals surface area (Å²) in [7, 11) is 1.64. The van der Waals surface area contributed by atoms with Gasteiger partial charge in [-0.25, -0.2) is 4.98 Å². The van der Waals surface area contributed by atoms with Gasteiger partial charge in [-0.05, 0) is 55.0 Å². The van der Waals surface area contributed by atoms with E-state index < -0.39 is 0 Å². The number of carbonyl (C=O) groups excluding carboxylic acids is 1. The maximum Gasteiger partial charge on any atom is 0.255 e. The molecule has 4 rings (SSSR count). The highest BCUT2D eigenvalue weighted by atomic mass is 16.5. The van der Waals surface area contributed by atoms with Crippen molar-refractivity contribution in [3.8, 4) is 11.5 Å². The Morgan fingerprint density at radius 1 is 0.971 bits per heavy atom. The highest BCUT2D eigenvalue weighted by molar-refractivity contribution is 6.09. The second-order valence-electron chi connectivity index (χ2n) is 7.85. The molecule has 0 bridgehead atoms. The first kappa shape index (κ1) is 23.8. The highest BCUT2D eigenvalue weighted by Crippen LogP contribution is 2.28. The van der Waals surface area contributed by atoms with Crippen molar-refractivity contribution in [1.82, 2.24) is 15.3 Å². The summed E-state index contributed by atoms with van der Waals surface area (Å²) in [5, 5.41) is 11.3. The van der Waals surface area contributed by atoms with Crippen molar-refractivity contribution in [2.24, 2.45) is 0 Å². The maximum absolute atomic E-state index is 13.1. The van der Waals surface area contributed by atoms with Crippen LogP contribution in [0.15, 0.2) is 66.7 Å². The van der Waals surface area contributed by atoms with Gasteiger partial charge in [0.1, 0.15) is 17.3 Å². The van der Waals surface area contributed by atoms with Crippen LogP contribution in [0, 0.1) is 6.92 Å². The van der Waals surface area contributed by atoms with Crippen molar-refractivity contribution in [3.05, 3.63) is 78.0 Å². The van der Waals surface area contributed by atoms with E-state index in [9.17, 15) is 4.79 Å². The van der Waals surface area contributed by atoms with Crippen LogP contribution in [0.3, 0.4) is 0 Å². The van der Waals surface area contributed by atoms with E-state index in [1.54, 1.807) is 7.11 Å². The molecule has 0 fully saturated rings. The van der Waals surface area contributed by atoms with Crippen LogP contribution < -0.4 is 25.4 Å². The molecule has 0 saturated heterocycles. The second-order valence-corrected chi connectivity index (χ2v) is 7.85. The Morgan fingerprint density at radius 2 is 1.77 bits per heavy atom. The molecule has 0 aliphatic rings. The van der Waals surface area contributed by atoms with E-state index in [2.05, 4.69) is 25.9 Å². The largest absolute Gasteiger partial charge is 0.497 e. The van der Waals surface area contributed by atoms with Gasteiger partial charge in [-0.1, -0.05) is 30.3 Å². The molecule has 0 saturated carbocycles. The Labute approximate surface area is 204 Å². The smallest absolute Gasteiger partial charge is 0.255 e. The van der Waals surface area contributed by atoms with Gasteiger partial charge in [0.05, 0.1) is 19.3 Å². The first-order valence-electron chi connectivity index (χ1n) is 11.5. The van der Waals surface area contributed by atoms with E-state index in [1.165, 1.54) is 0 Å². The van der Waals surface area contributed by atoms with Gasteiger partial charge >= 0.3 is 0 Å². The molecule has 0 atom stereocenters. The Hall–Kier alpha value is -4.33. The number of fused-ring (bicyclic) bond motifs is 1. The third kappa shape index (κ3) is 5.97. The van der Waals surface area contributed by atoms with E-state index in [1.807, 2.05) is 80.6 Å². The molecule has 180 valence electrons. The molecule has 1 heterocycles. The number of hydrogen-bond acceptors (Lipinski definition) is 7. The lowest BCUT2D eigenvalue weighted by molar-refractivity contribution is 0.0953. The summed E-state index contributed by atoms with van der Waals surface area (Å²) in [4.78, 5) is 22.0. The molecule has 1 amide bonds. The number of anilines is 3. The number of rotatable bonds is 10. The number of nitrogens with zero attached hydrogens (tertiary/aromatic N) is 2. The SMILES string of the molecule is CCOc1ccc2ccccc2c1C(=O)NCCNc1nc(C)cc(Nc2ccc(OC)cc2)n1. The molecule has 0 aliphatic carbocycles. The molecule has 35 heavy (non-hydrogen) atoms. The van der Waals surface area contributed by atoms with Crippen molar-refractivity contribution in [3.63, 3.8) is 0 Å². The average Bonchev–Trinajstić information content (AvgIpc) is 2.86. The van der Waals surface area contributed by atoms with Crippen LogP contribution in [0.5, 0.6) is 11.5 Å². The summed E-state index contributed by atoms with van der Waals surface area (Å²) in [6.45, 7) is 5.15. The minimum Gasteiger partial charge on any atom is -0.497 e. The van der Waals surface area contributed by atoms with Crippen LogP contribution in [-0.2, 0) is 0 Å². The Morgan fingerprint density at radius 3 is 2.54 bits per heavy atom. The number of carbonyl (C=O) groups is 1. The third-order valence-corrected chi connectivity index (χ3v) is 5.33. The fourth-order valence-corrected chi connectivity index (χ4v) is 3.73. The molecule has 4 aromatic rings. The van der Waals surface area contributed by atoms with Crippen LogP contribution in [0.1, 0.15) is 23.0 Å². The van der Waals surface area contributed by atoms with Crippen LogP contribution >= 0.6 is 0 Å². The average molecular weight is 472 g/mol. The van der Waals surface area contributed by atoms with Crippen molar-refractivity contribution in [2.75, 3.05) is 37.4 Å². The fraction of sp³-hybridized carbons (Fsp3) is 0.222. The van der Waals surface area contributed by atoms with Crippen LogP contribution in [0.4, 0.5) is 17.5 Å². The molecule has 8 heteroatoms. The molecule has 0 spiro atoms. The topological polar surface area (TPSA) is 97.4 Å². The molecule has 0 aliphatic heterocycles. The molecule has 1 aromatic heterocycles. The van der Waals surface area contributed by atoms with Gasteiger partial charge in [0.15, 0.2) is 0 Å². The van der Waals surface area contributed by atoms with Gasteiger partial charge in [0, 0.05) is 30.5 Å². The molecule has 0 radical (unpaired) electrons. The maximum atomic E-state index is 13.1. The van der Waals surface area contributed by atoms with Gasteiger partial charge in [-0.15, -0.1) is 0 Å². The quantitative estimate of drug-likeness (QED) is 0.282. The normalized spacial score (nSPS) is 10.6. The van der Waals surface area contributed by atoms with Gasteiger partial charge in [-0.3, -0.25) is 4.79 Å². The van der Waals surface area contributed by atoms with Crippen molar-refractivity contribution in [2.45, 2.75) is 13.8 Å². The lowest BCUT2D eigenvalue weighted by atomic mass is 10.0. The summed E-state index contributed by atoms with van der Waals surface area (Å²) < 4.78 is 10.9. The molecule has 0 unspecified atom stereocenters. The second kappa shape index (κ2) is 11.2. The number of methoxy groups -OCH3 is 1. The van der Waals surface area contributed by atoms with Gasteiger partial charge in [-0.2, -0.15) is 4.98 Å². The zero-order valence-corrected chi connectivity index (χ0v) is 20.1. The monoisotopic (exact) mass is 471 g/mol. The van der Waals surface area contributed by atoms with Crippen LogP contribution in [0.2, 0.25) is 0 Å². The van der Waals surface area contributed by atoms with E-state index in [-0.39, 0.29) is 5.91 Å². The summed E-state index contributed by atoms with van der Waals surface area (Å²) in [6, 6.07) is 21.1.